The van der Waals surface area contributed by atoms with Crippen LogP contribution < -0.4 is 0 Å². The van der Waals surface area contributed by atoms with E-state index in [1.165, 1.54) is 5.56 Å². The lowest BCUT2D eigenvalue weighted by atomic mass is 10.2. The van der Waals surface area contributed by atoms with Crippen molar-refractivity contribution in [3.63, 3.8) is 0 Å². The molecule has 1 aromatic rings. The maximum atomic E-state index is 5.67. The van der Waals surface area contributed by atoms with Gasteiger partial charge in [-0.15, -0.1) is 12.4 Å². The first-order chi connectivity index (χ1) is 4.33. The number of halogens is 2. The van der Waals surface area contributed by atoms with E-state index in [9.17, 15) is 0 Å². The Balaban J connectivity index is 0.000000810. The third-order valence-corrected chi connectivity index (χ3v) is 1.57. The van der Waals surface area contributed by atoms with Gasteiger partial charge in [-0.3, -0.25) is 0 Å². The predicted octanol–water partition coefficient (Wildman–Crippen LogP) is 3.32. The second-order valence-corrected chi connectivity index (χ2v) is 2.42. The summed E-state index contributed by atoms with van der Waals surface area (Å²) in [6, 6.07) is 7.92. The van der Waals surface area contributed by atoms with Crippen molar-refractivity contribution in [3.8, 4) is 0 Å². The molecule has 0 radical (unpaired) electrons. The van der Waals surface area contributed by atoms with Crippen LogP contribution in [-0.2, 0) is 6.42 Å². The zero-order valence-corrected chi connectivity index (χ0v) is 7.38. The molecule has 0 bridgehead atoms. The first-order valence-corrected chi connectivity index (χ1v) is 3.45. The molecule has 10 heavy (non-hydrogen) atoms. The number of aryl methyl sites for hydroxylation is 1. The fourth-order valence-corrected chi connectivity index (χ4v) is 0.846. The standard InChI is InChI=1S/C8H9Cl.ClH/c1-2-7-3-5-8(9)6-4-7;/h3-6H,2H2,1H3;1H. The highest BCUT2D eigenvalue weighted by atomic mass is 35.5. The van der Waals surface area contributed by atoms with Gasteiger partial charge in [0.25, 0.3) is 0 Å². The summed E-state index contributed by atoms with van der Waals surface area (Å²) < 4.78 is 0. The zero-order chi connectivity index (χ0) is 6.69. The van der Waals surface area contributed by atoms with E-state index in [0.29, 0.717) is 0 Å². The molecule has 0 atom stereocenters. The monoisotopic (exact) mass is 176 g/mol. The molecule has 0 saturated carbocycles. The summed E-state index contributed by atoms with van der Waals surface area (Å²) in [5, 5.41) is 0.812. The highest BCUT2D eigenvalue weighted by molar-refractivity contribution is 6.30. The van der Waals surface area contributed by atoms with Crippen molar-refractivity contribution >= 4 is 24.0 Å². The van der Waals surface area contributed by atoms with E-state index in [4.69, 9.17) is 11.6 Å². The van der Waals surface area contributed by atoms with Crippen molar-refractivity contribution in [2.45, 2.75) is 13.3 Å². The molecule has 0 spiro atoms. The zero-order valence-electron chi connectivity index (χ0n) is 5.80. The molecule has 1 rings (SSSR count). The minimum Gasteiger partial charge on any atom is -0.147 e. The summed E-state index contributed by atoms with van der Waals surface area (Å²) in [5.41, 5.74) is 1.33. The molecule has 0 aliphatic rings. The molecule has 0 fully saturated rings. The number of hydrogen-bond donors (Lipinski definition) is 0. The summed E-state index contributed by atoms with van der Waals surface area (Å²) in [4.78, 5) is 0. The third kappa shape index (κ3) is 2.59. The highest BCUT2D eigenvalue weighted by Gasteiger charge is 1.86. The minimum atomic E-state index is 0. The van der Waals surface area contributed by atoms with Crippen LogP contribution in [0.2, 0.25) is 5.02 Å². The summed E-state index contributed by atoms with van der Waals surface area (Å²) >= 11 is 5.67. The van der Waals surface area contributed by atoms with Gasteiger partial charge in [-0.2, -0.15) is 0 Å². The van der Waals surface area contributed by atoms with Crippen molar-refractivity contribution in [1.82, 2.24) is 0 Å². The Morgan fingerprint density at radius 1 is 1.20 bits per heavy atom. The third-order valence-electron chi connectivity index (χ3n) is 1.32. The topological polar surface area (TPSA) is 0 Å². The van der Waals surface area contributed by atoms with Crippen molar-refractivity contribution in [1.29, 1.82) is 0 Å². The first-order valence-electron chi connectivity index (χ1n) is 3.07. The molecule has 0 saturated heterocycles. The maximum Gasteiger partial charge on any atom is 0.0406 e. The van der Waals surface area contributed by atoms with Crippen LogP contribution in [0.25, 0.3) is 0 Å². The molecule has 0 nitrogen and oxygen atoms in total. The van der Waals surface area contributed by atoms with Gasteiger partial charge in [0.2, 0.25) is 0 Å². The highest BCUT2D eigenvalue weighted by Crippen LogP contribution is 2.09. The molecular weight excluding hydrogens is 167 g/mol. The van der Waals surface area contributed by atoms with Crippen LogP contribution in [0.15, 0.2) is 24.3 Å². The van der Waals surface area contributed by atoms with E-state index in [1.807, 2.05) is 24.3 Å². The van der Waals surface area contributed by atoms with Gasteiger partial charge in [-0.1, -0.05) is 30.7 Å². The molecule has 1 aromatic carbocycles. The lowest BCUT2D eigenvalue weighted by molar-refractivity contribution is 1.14. The van der Waals surface area contributed by atoms with Gasteiger partial charge in [-0.05, 0) is 24.1 Å². The van der Waals surface area contributed by atoms with Gasteiger partial charge < -0.3 is 0 Å². The van der Waals surface area contributed by atoms with Gasteiger partial charge in [0.15, 0.2) is 0 Å². The Hall–Kier alpha value is -0.200. The quantitative estimate of drug-likeness (QED) is 0.617. The largest absolute Gasteiger partial charge is 0.147 e. The van der Waals surface area contributed by atoms with Gasteiger partial charge in [0, 0.05) is 5.02 Å². The summed E-state index contributed by atoms with van der Waals surface area (Å²) in [5.74, 6) is 0. The summed E-state index contributed by atoms with van der Waals surface area (Å²) in [6.45, 7) is 2.13. The SMILES string of the molecule is CCc1ccc(Cl)cc1.Cl. The average Bonchev–Trinajstić information content (AvgIpc) is 1.90. The van der Waals surface area contributed by atoms with E-state index >= 15 is 0 Å². The molecule has 0 heterocycles. The van der Waals surface area contributed by atoms with Crippen LogP contribution in [0, 0.1) is 0 Å². The van der Waals surface area contributed by atoms with Crippen molar-refractivity contribution < 1.29 is 0 Å². The van der Waals surface area contributed by atoms with Crippen LogP contribution in [-0.4, -0.2) is 0 Å². The molecule has 0 aliphatic heterocycles. The van der Waals surface area contributed by atoms with Gasteiger partial charge in [0.05, 0.1) is 0 Å². The lowest BCUT2D eigenvalue weighted by Gasteiger charge is -1.93. The molecule has 0 unspecified atom stereocenters. The average molecular weight is 177 g/mol. The summed E-state index contributed by atoms with van der Waals surface area (Å²) in [7, 11) is 0. The van der Waals surface area contributed by atoms with Crippen molar-refractivity contribution in [3.05, 3.63) is 34.9 Å². The normalized spacial score (nSPS) is 8.60. The van der Waals surface area contributed by atoms with Crippen LogP contribution in [0.3, 0.4) is 0 Å². The molecule has 0 amide bonds. The fourth-order valence-electron chi connectivity index (χ4n) is 0.720. The van der Waals surface area contributed by atoms with Crippen molar-refractivity contribution in [2.75, 3.05) is 0 Å². The second kappa shape index (κ2) is 4.59. The van der Waals surface area contributed by atoms with Crippen molar-refractivity contribution in [2.24, 2.45) is 0 Å². The predicted molar refractivity (Wildman–Crippen MR) is 48.1 cm³/mol. The van der Waals surface area contributed by atoms with E-state index in [0.717, 1.165) is 11.4 Å². The second-order valence-electron chi connectivity index (χ2n) is 1.98. The molecule has 56 valence electrons. The fraction of sp³-hybridized carbons (Fsp3) is 0.250. The Morgan fingerprint density at radius 3 is 2.10 bits per heavy atom. The van der Waals surface area contributed by atoms with Crippen LogP contribution >= 0.6 is 24.0 Å². The van der Waals surface area contributed by atoms with Gasteiger partial charge in [0.1, 0.15) is 0 Å². The molecule has 0 aromatic heterocycles. The first kappa shape index (κ1) is 9.80. The lowest BCUT2D eigenvalue weighted by Crippen LogP contribution is -1.75. The number of benzene rings is 1. The smallest absolute Gasteiger partial charge is 0.0406 e. The van der Waals surface area contributed by atoms with Crippen LogP contribution in [0.5, 0.6) is 0 Å². The van der Waals surface area contributed by atoms with E-state index in [-0.39, 0.29) is 12.4 Å². The van der Waals surface area contributed by atoms with E-state index < -0.39 is 0 Å². The maximum absolute atomic E-state index is 5.67. The van der Waals surface area contributed by atoms with Gasteiger partial charge >= 0.3 is 0 Å². The number of hydrogen-bond acceptors (Lipinski definition) is 0. The molecular formula is C8H10Cl2. The van der Waals surface area contributed by atoms with Crippen LogP contribution in [0.4, 0.5) is 0 Å². The number of rotatable bonds is 1. The minimum absolute atomic E-state index is 0. The Bertz CT molecular complexity index is 179. The molecule has 2 heteroatoms. The van der Waals surface area contributed by atoms with Crippen LogP contribution in [0.1, 0.15) is 12.5 Å². The Kier molecular flexibility index (Phi) is 4.50. The Morgan fingerprint density at radius 2 is 1.70 bits per heavy atom. The van der Waals surface area contributed by atoms with Gasteiger partial charge in [-0.25, -0.2) is 0 Å². The molecule has 0 N–H and O–H groups in total. The Labute approximate surface area is 72.6 Å². The van der Waals surface area contributed by atoms with E-state index in [2.05, 4.69) is 6.92 Å². The molecule has 0 aliphatic carbocycles. The van der Waals surface area contributed by atoms with E-state index in [1.54, 1.807) is 0 Å². The summed E-state index contributed by atoms with van der Waals surface area (Å²) in [6.07, 6.45) is 1.08.